The van der Waals surface area contributed by atoms with Crippen molar-refractivity contribution < 1.29 is 24.2 Å². The number of carbonyl (C=O) groups excluding carboxylic acids is 2. The summed E-state index contributed by atoms with van der Waals surface area (Å²) >= 11 is 7.38. The Morgan fingerprint density at radius 3 is 2.32 bits per heavy atom. The third kappa shape index (κ3) is 5.36. The van der Waals surface area contributed by atoms with Gasteiger partial charge in [0.05, 0.1) is 21.0 Å². The highest BCUT2D eigenvalue weighted by Gasteiger charge is 2.60. The zero-order valence-corrected chi connectivity index (χ0v) is 22.6. The first-order valence-corrected chi connectivity index (χ1v) is 13.1. The average Bonchev–Trinajstić information content (AvgIpc) is 3.44. The Bertz CT molecular complexity index is 1380. The molecular formula is C28H29ClN2O5S. The number of nitrogens with one attached hydrogen (secondary N) is 1. The lowest BCUT2D eigenvalue weighted by Crippen LogP contribution is -2.27. The minimum Gasteiger partial charge on any atom is -0.481 e. The van der Waals surface area contributed by atoms with Crippen molar-refractivity contribution >= 4 is 46.6 Å². The first kappa shape index (κ1) is 26.7. The van der Waals surface area contributed by atoms with Gasteiger partial charge in [-0.25, -0.2) is 4.79 Å². The molecule has 2 aromatic carbocycles. The fraction of sp³-hybridized carbons (Fsp3) is 0.321. The molecule has 0 radical (unpaired) electrons. The van der Waals surface area contributed by atoms with Gasteiger partial charge >= 0.3 is 12.1 Å². The molecule has 0 bridgehead atoms. The van der Waals surface area contributed by atoms with E-state index in [1.807, 2.05) is 43.3 Å². The predicted octanol–water partition coefficient (Wildman–Crippen LogP) is 6.93. The minimum absolute atomic E-state index is 0.122. The molecule has 9 heteroatoms. The normalized spacial score (nSPS) is 18.8. The highest BCUT2D eigenvalue weighted by atomic mass is 35.5. The molecule has 0 spiro atoms. The lowest BCUT2D eigenvalue weighted by atomic mass is 9.90. The van der Waals surface area contributed by atoms with Crippen LogP contribution in [0.25, 0.3) is 21.6 Å². The van der Waals surface area contributed by atoms with E-state index in [0.29, 0.717) is 38.0 Å². The zero-order valence-electron chi connectivity index (χ0n) is 21.1. The summed E-state index contributed by atoms with van der Waals surface area (Å²) in [4.78, 5) is 37.3. The standard InChI is InChI=1S/C28H29ClN2O5S/c1-5-17-14-28(17,25(33)34)18-9-6-15(7-10-18)19-11-8-16(23-20(24(30)32)13-22(29)37-23)12-21(19)31-26(35)36-27(2,3)4/h6-13,17H,5,14H2,1-4H3,(H2,30,32)(H,31,35)(H,33,34). The summed E-state index contributed by atoms with van der Waals surface area (Å²) in [7, 11) is 0. The quantitative estimate of drug-likeness (QED) is 0.300. The van der Waals surface area contributed by atoms with Crippen molar-refractivity contribution in [3.63, 3.8) is 0 Å². The Hall–Kier alpha value is -3.36. The molecular weight excluding hydrogens is 512 g/mol. The smallest absolute Gasteiger partial charge is 0.412 e. The first-order valence-electron chi connectivity index (χ1n) is 11.9. The number of carbonyl (C=O) groups is 3. The molecule has 3 aromatic rings. The molecule has 0 aliphatic heterocycles. The topological polar surface area (TPSA) is 119 Å². The van der Waals surface area contributed by atoms with Gasteiger partial charge in [-0.15, -0.1) is 11.3 Å². The zero-order chi connectivity index (χ0) is 27.1. The maximum Gasteiger partial charge on any atom is 0.412 e. The van der Waals surface area contributed by atoms with Gasteiger partial charge in [0.1, 0.15) is 5.60 Å². The van der Waals surface area contributed by atoms with Gasteiger partial charge in [0.15, 0.2) is 0 Å². The van der Waals surface area contributed by atoms with E-state index in [9.17, 15) is 19.5 Å². The Morgan fingerprint density at radius 1 is 1.14 bits per heavy atom. The Balaban J connectivity index is 1.76. The van der Waals surface area contributed by atoms with E-state index in [-0.39, 0.29) is 5.92 Å². The lowest BCUT2D eigenvalue weighted by molar-refractivity contribution is -0.140. The van der Waals surface area contributed by atoms with Crippen molar-refractivity contribution in [3.8, 4) is 21.6 Å². The number of halogens is 1. The summed E-state index contributed by atoms with van der Waals surface area (Å²) in [6.07, 6.45) is 0.805. The van der Waals surface area contributed by atoms with Crippen LogP contribution in [0.4, 0.5) is 10.5 Å². The number of hydrogen-bond acceptors (Lipinski definition) is 5. The van der Waals surface area contributed by atoms with Gasteiger partial charge in [-0.2, -0.15) is 0 Å². The van der Waals surface area contributed by atoms with Crippen molar-refractivity contribution in [3.05, 3.63) is 64.0 Å². The van der Waals surface area contributed by atoms with Crippen LogP contribution in [0.5, 0.6) is 0 Å². The summed E-state index contributed by atoms with van der Waals surface area (Å²) in [5.74, 6) is -1.28. The van der Waals surface area contributed by atoms with Crippen molar-refractivity contribution in [1.82, 2.24) is 0 Å². The third-order valence-corrected chi connectivity index (χ3v) is 7.89. The van der Waals surface area contributed by atoms with E-state index in [0.717, 1.165) is 17.5 Å². The molecule has 2 atom stereocenters. The minimum atomic E-state index is -0.835. The second-order valence-electron chi connectivity index (χ2n) is 10.2. The van der Waals surface area contributed by atoms with Crippen LogP contribution in [0.15, 0.2) is 48.5 Å². The highest BCUT2D eigenvalue weighted by Crippen LogP contribution is 2.56. The van der Waals surface area contributed by atoms with Gasteiger partial charge in [0.25, 0.3) is 0 Å². The lowest BCUT2D eigenvalue weighted by Gasteiger charge is -2.21. The number of ether oxygens (including phenoxy) is 1. The van der Waals surface area contributed by atoms with Crippen LogP contribution in [-0.4, -0.2) is 28.7 Å². The van der Waals surface area contributed by atoms with Crippen LogP contribution < -0.4 is 11.1 Å². The predicted molar refractivity (Wildman–Crippen MR) is 146 cm³/mol. The van der Waals surface area contributed by atoms with Gasteiger partial charge in [0, 0.05) is 10.4 Å². The van der Waals surface area contributed by atoms with Gasteiger partial charge in [-0.1, -0.05) is 61.3 Å². The molecule has 2 unspecified atom stereocenters. The molecule has 1 aromatic heterocycles. The number of primary amides is 1. The number of thiophene rings is 1. The molecule has 1 saturated carbocycles. The molecule has 194 valence electrons. The molecule has 1 aliphatic rings. The number of rotatable bonds is 7. The molecule has 4 N–H and O–H groups in total. The van der Waals surface area contributed by atoms with E-state index >= 15 is 0 Å². The molecule has 0 saturated heterocycles. The Morgan fingerprint density at radius 2 is 1.78 bits per heavy atom. The summed E-state index contributed by atoms with van der Waals surface area (Å²) in [5, 5.41) is 12.7. The fourth-order valence-electron chi connectivity index (χ4n) is 4.72. The summed E-state index contributed by atoms with van der Waals surface area (Å²) < 4.78 is 5.88. The molecule has 37 heavy (non-hydrogen) atoms. The van der Waals surface area contributed by atoms with Crippen molar-refractivity contribution in [2.45, 2.75) is 51.6 Å². The number of carboxylic acid groups (broad SMARTS) is 1. The van der Waals surface area contributed by atoms with Crippen LogP contribution in [0, 0.1) is 5.92 Å². The van der Waals surface area contributed by atoms with Gasteiger partial charge in [-0.05, 0) is 61.9 Å². The molecule has 1 aliphatic carbocycles. The van der Waals surface area contributed by atoms with E-state index in [4.69, 9.17) is 22.1 Å². The molecule has 2 amide bonds. The first-order chi connectivity index (χ1) is 17.4. The number of amides is 2. The van der Waals surface area contributed by atoms with E-state index < -0.39 is 29.0 Å². The van der Waals surface area contributed by atoms with E-state index in [2.05, 4.69) is 5.32 Å². The fourth-order valence-corrected chi connectivity index (χ4v) is 5.95. The van der Waals surface area contributed by atoms with Crippen LogP contribution in [0.2, 0.25) is 4.34 Å². The van der Waals surface area contributed by atoms with Crippen LogP contribution in [0.3, 0.4) is 0 Å². The average molecular weight is 541 g/mol. The summed E-state index contributed by atoms with van der Waals surface area (Å²) in [6.45, 7) is 7.32. The van der Waals surface area contributed by atoms with Crippen molar-refractivity contribution in [2.75, 3.05) is 5.32 Å². The number of carboxylic acids is 1. The number of benzene rings is 2. The van der Waals surface area contributed by atoms with Crippen molar-refractivity contribution in [2.24, 2.45) is 11.7 Å². The van der Waals surface area contributed by atoms with Gasteiger partial charge in [-0.3, -0.25) is 14.9 Å². The summed E-state index contributed by atoms with van der Waals surface area (Å²) in [6, 6.07) is 14.3. The van der Waals surface area contributed by atoms with E-state index in [1.54, 1.807) is 26.8 Å². The maximum absolute atomic E-state index is 12.7. The molecule has 4 rings (SSSR count). The largest absolute Gasteiger partial charge is 0.481 e. The Labute approximate surface area is 224 Å². The van der Waals surface area contributed by atoms with Crippen LogP contribution >= 0.6 is 22.9 Å². The number of aliphatic carboxylic acids is 1. The Kier molecular flexibility index (Phi) is 7.10. The van der Waals surface area contributed by atoms with Crippen LogP contribution in [-0.2, 0) is 14.9 Å². The second-order valence-corrected chi connectivity index (χ2v) is 11.9. The maximum atomic E-state index is 12.7. The van der Waals surface area contributed by atoms with Crippen molar-refractivity contribution in [1.29, 1.82) is 0 Å². The number of hydrogen-bond donors (Lipinski definition) is 3. The SMILES string of the molecule is CCC1CC1(C(=O)O)c1ccc(-c2ccc(-c3sc(Cl)cc3C(N)=O)cc2NC(=O)OC(C)(C)C)cc1. The number of anilines is 1. The second kappa shape index (κ2) is 9.84. The van der Waals surface area contributed by atoms with Crippen LogP contribution in [0.1, 0.15) is 56.5 Å². The number of nitrogens with two attached hydrogens (primary N) is 1. The van der Waals surface area contributed by atoms with Gasteiger partial charge in [0.2, 0.25) is 5.91 Å². The van der Waals surface area contributed by atoms with Gasteiger partial charge < -0.3 is 15.6 Å². The molecule has 7 nitrogen and oxygen atoms in total. The highest BCUT2D eigenvalue weighted by molar-refractivity contribution is 7.19. The molecule has 1 heterocycles. The van der Waals surface area contributed by atoms with E-state index in [1.165, 1.54) is 17.4 Å². The molecule has 1 fully saturated rings. The monoisotopic (exact) mass is 540 g/mol. The summed E-state index contributed by atoms with van der Waals surface area (Å²) in [5.41, 5.74) is 7.69. The third-order valence-electron chi connectivity index (χ3n) is 6.58.